The highest BCUT2D eigenvalue weighted by molar-refractivity contribution is 7.13. The lowest BCUT2D eigenvalue weighted by Crippen LogP contribution is -2.49. The van der Waals surface area contributed by atoms with Gasteiger partial charge in [-0.05, 0) is 30.5 Å². The fourth-order valence-corrected chi connectivity index (χ4v) is 3.89. The van der Waals surface area contributed by atoms with Crippen LogP contribution in [0.15, 0.2) is 46.3 Å². The van der Waals surface area contributed by atoms with Crippen LogP contribution in [0, 0.1) is 0 Å². The zero-order valence-electron chi connectivity index (χ0n) is 16.8. The average molecular weight is 429 g/mol. The van der Waals surface area contributed by atoms with Crippen LogP contribution in [-0.2, 0) is 11.3 Å². The molecule has 0 saturated carbocycles. The molecule has 9 heteroatoms. The lowest BCUT2D eigenvalue weighted by Gasteiger charge is -2.34. The Kier molecular flexibility index (Phi) is 6.60. The third-order valence-corrected chi connectivity index (χ3v) is 5.65. The van der Waals surface area contributed by atoms with E-state index >= 15 is 0 Å². The molecular formula is C21H24N4O4S. The molecule has 0 atom stereocenters. The minimum atomic E-state index is -0.0273. The van der Waals surface area contributed by atoms with Crippen molar-refractivity contribution in [2.75, 3.05) is 39.4 Å². The maximum atomic E-state index is 12.5. The summed E-state index contributed by atoms with van der Waals surface area (Å²) in [6.45, 7) is 5.86. The average Bonchev–Trinajstić information content (AvgIpc) is 3.46. The van der Waals surface area contributed by atoms with Crippen LogP contribution in [0.1, 0.15) is 12.7 Å². The summed E-state index contributed by atoms with van der Waals surface area (Å²) in [6.07, 6.45) is 0. The molecule has 1 aliphatic heterocycles. The number of carbonyl (C=O) groups is 1. The number of hydrogen-bond acceptors (Lipinski definition) is 8. The van der Waals surface area contributed by atoms with Gasteiger partial charge in [0.15, 0.2) is 23.9 Å². The van der Waals surface area contributed by atoms with Crippen LogP contribution in [0.3, 0.4) is 0 Å². The molecule has 0 bridgehead atoms. The van der Waals surface area contributed by atoms with Gasteiger partial charge in [0.2, 0.25) is 0 Å². The van der Waals surface area contributed by atoms with Gasteiger partial charge < -0.3 is 18.9 Å². The number of nitrogens with zero attached hydrogens (tertiary/aromatic N) is 4. The Balaban J connectivity index is 1.24. The van der Waals surface area contributed by atoms with E-state index in [1.807, 2.05) is 53.6 Å². The van der Waals surface area contributed by atoms with E-state index in [0.717, 1.165) is 18.0 Å². The van der Waals surface area contributed by atoms with Gasteiger partial charge in [-0.15, -0.1) is 11.3 Å². The Hall–Kier alpha value is -2.91. The fraction of sp³-hybridized carbons (Fsp3) is 0.381. The van der Waals surface area contributed by atoms with E-state index in [1.54, 1.807) is 11.3 Å². The third kappa shape index (κ3) is 4.98. The smallest absolute Gasteiger partial charge is 0.268 e. The summed E-state index contributed by atoms with van der Waals surface area (Å²) >= 11 is 1.57. The largest absolute Gasteiger partial charge is 0.490 e. The number of benzene rings is 1. The van der Waals surface area contributed by atoms with Gasteiger partial charge in [0, 0.05) is 26.2 Å². The SMILES string of the molecule is CCOc1ccccc1OCC(=O)N1CCN(Cc2noc(-c3cccs3)n2)CC1. The number of thiophene rings is 1. The second-order valence-corrected chi connectivity index (χ2v) is 7.77. The maximum Gasteiger partial charge on any atom is 0.268 e. The summed E-state index contributed by atoms with van der Waals surface area (Å²) in [5, 5.41) is 6.05. The zero-order valence-corrected chi connectivity index (χ0v) is 17.6. The summed E-state index contributed by atoms with van der Waals surface area (Å²) in [6, 6.07) is 11.3. The van der Waals surface area contributed by atoms with Crippen LogP contribution < -0.4 is 9.47 Å². The molecule has 1 aliphatic rings. The molecule has 1 fully saturated rings. The van der Waals surface area contributed by atoms with Crippen LogP contribution >= 0.6 is 11.3 Å². The molecular weight excluding hydrogens is 404 g/mol. The predicted octanol–water partition coefficient (Wildman–Crippen LogP) is 2.92. The van der Waals surface area contributed by atoms with E-state index in [-0.39, 0.29) is 12.5 Å². The molecule has 3 heterocycles. The third-order valence-electron chi connectivity index (χ3n) is 4.79. The van der Waals surface area contributed by atoms with Gasteiger partial charge in [-0.1, -0.05) is 23.4 Å². The van der Waals surface area contributed by atoms with Crippen molar-refractivity contribution in [1.29, 1.82) is 0 Å². The van der Waals surface area contributed by atoms with Crippen molar-refractivity contribution in [1.82, 2.24) is 19.9 Å². The molecule has 1 aromatic carbocycles. The number of para-hydroxylation sites is 2. The normalized spacial score (nSPS) is 14.6. The van der Waals surface area contributed by atoms with Crippen molar-refractivity contribution in [3.8, 4) is 22.3 Å². The Morgan fingerprint density at radius 1 is 1.10 bits per heavy atom. The van der Waals surface area contributed by atoms with Gasteiger partial charge in [-0.3, -0.25) is 9.69 Å². The van der Waals surface area contributed by atoms with Crippen molar-refractivity contribution in [2.24, 2.45) is 0 Å². The molecule has 0 unspecified atom stereocenters. The standard InChI is InChI=1S/C21H24N4O4S/c1-2-27-16-6-3-4-7-17(16)28-15-20(26)25-11-9-24(10-12-25)14-19-22-21(29-23-19)18-8-5-13-30-18/h3-8,13H,2,9-12,14-15H2,1H3. The highest BCUT2D eigenvalue weighted by Crippen LogP contribution is 2.26. The van der Waals surface area contributed by atoms with E-state index in [9.17, 15) is 4.79 Å². The molecule has 8 nitrogen and oxygen atoms in total. The molecule has 3 aromatic rings. The van der Waals surface area contributed by atoms with Gasteiger partial charge in [0.1, 0.15) is 0 Å². The Morgan fingerprint density at radius 3 is 2.57 bits per heavy atom. The lowest BCUT2D eigenvalue weighted by molar-refractivity contribution is -0.135. The summed E-state index contributed by atoms with van der Waals surface area (Å²) in [5.41, 5.74) is 0. The summed E-state index contributed by atoms with van der Waals surface area (Å²) in [4.78, 5) is 22.0. The Morgan fingerprint density at radius 2 is 1.87 bits per heavy atom. The van der Waals surface area contributed by atoms with Crippen LogP contribution in [0.25, 0.3) is 10.8 Å². The van der Waals surface area contributed by atoms with E-state index < -0.39 is 0 Å². The van der Waals surface area contributed by atoms with E-state index in [2.05, 4.69) is 15.0 Å². The molecule has 1 saturated heterocycles. The number of aromatic nitrogens is 2. The van der Waals surface area contributed by atoms with E-state index in [1.165, 1.54) is 0 Å². The van der Waals surface area contributed by atoms with Crippen LogP contribution in [0.5, 0.6) is 11.5 Å². The molecule has 1 amide bonds. The van der Waals surface area contributed by atoms with Crippen LogP contribution in [0.4, 0.5) is 0 Å². The van der Waals surface area contributed by atoms with Crippen molar-refractivity contribution in [3.63, 3.8) is 0 Å². The van der Waals surface area contributed by atoms with E-state index in [4.69, 9.17) is 14.0 Å². The minimum absolute atomic E-state index is 0.000890. The molecule has 4 rings (SSSR count). The zero-order chi connectivity index (χ0) is 20.8. The van der Waals surface area contributed by atoms with Crippen molar-refractivity contribution >= 4 is 17.2 Å². The van der Waals surface area contributed by atoms with Crippen molar-refractivity contribution in [2.45, 2.75) is 13.5 Å². The summed E-state index contributed by atoms with van der Waals surface area (Å²) < 4.78 is 16.6. The predicted molar refractivity (Wildman–Crippen MR) is 113 cm³/mol. The summed E-state index contributed by atoms with van der Waals surface area (Å²) in [7, 11) is 0. The molecule has 2 aromatic heterocycles. The van der Waals surface area contributed by atoms with Gasteiger partial charge >= 0.3 is 0 Å². The molecule has 0 radical (unpaired) electrons. The molecule has 0 aliphatic carbocycles. The molecule has 30 heavy (non-hydrogen) atoms. The van der Waals surface area contributed by atoms with Crippen LogP contribution in [0.2, 0.25) is 0 Å². The van der Waals surface area contributed by atoms with Crippen LogP contribution in [-0.4, -0.2) is 65.2 Å². The molecule has 0 spiro atoms. The second kappa shape index (κ2) is 9.73. The number of amides is 1. The lowest BCUT2D eigenvalue weighted by atomic mass is 10.3. The van der Waals surface area contributed by atoms with Crippen molar-refractivity contribution < 1.29 is 18.8 Å². The number of carbonyl (C=O) groups excluding carboxylic acids is 1. The van der Waals surface area contributed by atoms with Crippen molar-refractivity contribution in [3.05, 3.63) is 47.6 Å². The molecule has 158 valence electrons. The number of ether oxygens (including phenoxy) is 2. The second-order valence-electron chi connectivity index (χ2n) is 6.82. The van der Waals surface area contributed by atoms with E-state index in [0.29, 0.717) is 49.5 Å². The quantitative estimate of drug-likeness (QED) is 0.546. The number of rotatable bonds is 8. The minimum Gasteiger partial charge on any atom is -0.490 e. The van der Waals surface area contributed by atoms with Gasteiger partial charge in [-0.2, -0.15) is 4.98 Å². The fourth-order valence-electron chi connectivity index (χ4n) is 3.25. The Labute approximate surface area is 179 Å². The topological polar surface area (TPSA) is 80.9 Å². The first-order valence-corrected chi connectivity index (χ1v) is 10.8. The highest BCUT2D eigenvalue weighted by Gasteiger charge is 2.23. The first-order chi connectivity index (χ1) is 14.7. The van der Waals surface area contributed by atoms with Gasteiger partial charge in [-0.25, -0.2) is 0 Å². The molecule has 0 N–H and O–H groups in total. The van der Waals surface area contributed by atoms with Gasteiger partial charge in [0.05, 0.1) is 18.0 Å². The number of piperazine rings is 1. The summed E-state index contributed by atoms with van der Waals surface area (Å²) in [5.74, 6) is 2.43. The number of hydrogen-bond donors (Lipinski definition) is 0. The Bertz CT molecular complexity index is 952. The highest BCUT2D eigenvalue weighted by atomic mass is 32.1. The van der Waals surface area contributed by atoms with Gasteiger partial charge in [0.25, 0.3) is 11.8 Å². The monoisotopic (exact) mass is 428 g/mol. The maximum absolute atomic E-state index is 12.5. The first kappa shape index (κ1) is 20.4. The first-order valence-electron chi connectivity index (χ1n) is 9.94.